The molecule has 7 heteroatoms. The molecular formula is C29H22F3N3O. The summed E-state index contributed by atoms with van der Waals surface area (Å²) >= 11 is 0. The van der Waals surface area contributed by atoms with Gasteiger partial charge in [-0.3, -0.25) is 9.78 Å². The molecule has 0 radical (unpaired) electrons. The number of carbonyl (C=O) groups is 1. The van der Waals surface area contributed by atoms with Crippen LogP contribution >= 0.6 is 0 Å². The number of alkyl halides is 3. The Labute approximate surface area is 206 Å². The molecule has 5 rings (SSSR count). The maximum absolute atomic E-state index is 13.4. The molecule has 3 aromatic carbocycles. The molecule has 4 nitrogen and oxygen atoms in total. The van der Waals surface area contributed by atoms with Crippen molar-refractivity contribution >= 4 is 23.4 Å². The minimum absolute atomic E-state index is 0.0311. The minimum Gasteiger partial charge on any atom is -0.347 e. The third kappa shape index (κ3) is 5.00. The summed E-state index contributed by atoms with van der Waals surface area (Å²) in [6.07, 6.45) is 1.87. The molecule has 2 heterocycles. The largest absolute Gasteiger partial charge is 0.416 e. The normalized spacial score (nSPS) is 13.1. The number of benzene rings is 3. The van der Waals surface area contributed by atoms with Crippen molar-refractivity contribution in [3.63, 3.8) is 0 Å². The molecule has 0 spiro atoms. The van der Waals surface area contributed by atoms with Gasteiger partial charge in [-0.1, -0.05) is 42.5 Å². The van der Waals surface area contributed by atoms with Crippen LogP contribution in [0.2, 0.25) is 0 Å². The highest BCUT2D eigenvalue weighted by atomic mass is 19.4. The summed E-state index contributed by atoms with van der Waals surface area (Å²) in [5.41, 5.74) is 3.66. The smallest absolute Gasteiger partial charge is 0.347 e. The standard InChI is InChI=1S/C29H22F3N3O/c30-29(31,32)22-9-11-25(20-6-2-1-3-7-20)26(19-22)28(36)34-24-10-12-27-21(18-24)13-16-35(27)17-14-23-8-4-5-15-33-23/h1-12,14-15,17-19H,13,16H2,(H,34,36). The van der Waals surface area contributed by atoms with E-state index in [2.05, 4.69) is 15.2 Å². The van der Waals surface area contributed by atoms with Crippen LogP contribution < -0.4 is 10.2 Å². The Kier molecular flexibility index (Phi) is 6.29. The molecule has 180 valence electrons. The van der Waals surface area contributed by atoms with Crippen molar-refractivity contribution in [3.8, 4) is 11.1 Å². The minimum atomic E-state index is -4.55. The number of carbonyl (C=O) groups excluding carboxylic acids is 1. The summed E-state index contributed by atoms with van der Waals surface area (Å²) in [4.78, 5) is 19.6. The van der Waals surface area contributed by atoms with Gasteiger partial charge in [0, 0.05) is 35.9 Å². The lowest BCUT2D eigenvalue weighted by Crippen LogP contribution is -2.15. The molecule has 0 aliphatic carbocycles. The van der Waals surface area contributed by atoms with E-state index in [-0.39, 0.29) is 5.56 Å². The van der Waals surface area contributed by atoms with E-state index in [1.165, 1.54) is 6.07 Å². The van der Waals surface area contributed by atoms with Gasteiger partial charge in [-0.2, -0.15) is 13.2 Å². The van der Waals surface area contributed by atoms with Crippen LogP contribution in [0, 0.1) is 0 Å². The summed E-state index contributed by atoms with van der Waals surface area (Å²) in [5, 5.41) is 2.80. The predicted octanol–water partition coefficient (Wildman–Crippen LogP) is 7.05. The van der Waals surface area contributed by atoms with E-state index in [0.717, 1.165) is 42.0 Å². The second kappa shape index (κ2) is 9.70. The lowest BCUT2D eigenvalue weighted by atomic mass is 9.96. The van der Waals surface area contributed by atoms with Crippen molar-refractivity contribution in [2.45, 2.75) is 12.6 Å². The van der Waals surface area contributed by atoms with E-state index in [0.29, 0.717) is 16.8 Å². The number of pyridine rings is 1. The van der Waals surface area contributed by atoms with E-state index in [1.54, 1.807) is 36.5 Å². The quantitative estimate of drug-likeness (QED) is 0.329. The van der Waals surface area contributed by atoms with Crippen molar-refractivity contribution in [3.05, 3.63) is 120 Å². The monoisotopic (exact) mass is 485 g/mol. The van der Waals surface area contributed by atoms with E-state index in [9.17, 15) is 18.0 Å². The number of anilines is 2. The second-order valence-corrected chi connectivity index (χ2v) is 8.44. The Morgan fingerprint density at radius 2 is 1.75 bits per heavy atom. The molecule has 36 heavy (non-hydrogen) atoms. The topological polar surface area (TPSA) is 45.2 Å². The van der Waals surface area contributed by atoms with Crippen molar-refractivity contribution in [1.82, 2.24) is 4.98 Å². The highest BCUT2D eigenvalue weighted by molar-refractivity contribution is 6.09. The van der Waals surface area contributed by atoms with Crippen LogP contribution in [0.1, 0.15) is 27.2 Å². The van der Waals surface area contributed by atoms with Gasteiger partial charge in [-0.25, -0.2) is 0 Å². The van der Waals surface area contributed by atoms with Crippen molar-refractivity contribution in [2.75, 3.05) is 16.8 Å². The number of amides is 1. The van der Waals surface area contributed by atoms with Crippen LogP contribution in [0.5, 0.6) is 0 Å². The zero-order chi connectivity index (χ0) is 25.1. The number of aromatic nitrogens is 1. The molecule has 0 bridgehead atoms. The molecule has 4 aromatic rings. The second-order valence-electron chi connectivity index (χ2n) is 8.44. The van der Waals surface area contributed by atoms with Gasteiger partial charge < -0.3 is 10.2 Å². The first-order chi connectivity index (χ1) is 17.4. The van der Waals surface area contributed by atoms with Crippen molar-refractivity contribution in [1.29, 1.82) is 0 Å². The summed E-state index contributed by atoms with van der Waals surface area (Å²) in [6, 6.07) is 23.4. The van der Waals surface area contributed by atoms with Crippen LogP contribution in [0.3, 0.4) is 0 Å². The Morgan fingerprint density at radius 3 is 2.50 bits per heavy atom. The van der Waals surface area contributed by atoms with Gasteiger partial charge in [0.15, 0.2) is 0 Å². The summed E-state index contributed by atoms with van der Waals surface area (Å²) in [7, 11) is 0. The molecule has 1 amide bonds. The number of halogens is 3. The van der Waals surface area contributed by atoms with E-state index >= 15 is 0 Å². The number of rotatable bonds is 5. The third-order valence-corrected chi connectivity index (χ3v) is 6.06. The van der Waals surface area contributed by atoms with Crippen molar-refractivity contribution < 1.29 is 18.0 Å². The third-order valence-electron chi connectivity index (χ3n) is 6.06. The van der Waals surface area contributed by atoms with E-state index in [4.69, 9.17) is 0 Å². The van der Waals surface area contributed by atoms with E-state index in [1.807, 2.05) is 48.7 Å². The fraction of sp³-hybridized carbons (Fsp3) is 0.103. The molecule has 0 saturated heterocycles. The maximum atomic E-state index is 13.4. The SMILES string of the molecule is O=C(Nc1ccc2c(c1)CCN2C=Cc1ccccn1)c1cc(C(F)(F)F)ccc1-c1ccccc1. The van der Waals surface area contributed by atoms with Crippen LogP contribution in [0.4, 0.5) is 24.5 Å². The van der Waals surface area contributed by atoms with Crippen LogP contribution in [-0.4, -0.2) is 17.4 Å². The van der Waals surface area contributed by atoms with Gasteiger partial charge in [-0.15, -0.1) is 0 Å². The van der Waals surface area contributed by atoms with Gasteiger partial charge in [0.05, 0.1) is 11.3 Å². The molecule has 1 aliphatic heterocycles. The summed E-state index contributed by atoms with van der Waals surface area (Å²) < 4.78 is 40.2. The summed E-state index contributed by atoms with van der Waals surface area (Å²) in [6.45, 7) is 0.780. The number of fused-ring (bicyclic) bond motifs is 1. The van der Waals surface area contributed by atoms with Gasteiger partial charge in [0.2, 0.25) is 0 Å². The van der Waals surface area contributed by atoms with Crippen LogP contribution in [-0.2, 0) is 12.6 Å². The average molecular weight is 486 g/mol. The van der Waals surface area contributed by atoms with Gasteiger partial charge in [0.25, 0.3) is 5.91 Å². The molecule has 0 saturated carbocycles. The fourth-order valence-electron chi connectivity index (χ4n) is 4.28. The van der Waals surface area contributed by atoms with E-state index < -0.39 is 17.6 Å². The Hall–Kier alpha value is -4.39. The number of hydrogen-bond donors (Lipinski definition) is 1. The lowest BCUT2D eigenvalue weighted by Gasteiger charge is -2.16. The molecule has 0 unspecified atom stereocenters. The first-order valence-electron chi connectivity index (χ1n) is 11.5. The molecule has 1 aliphatic rings. The zero-order valence-electron chi connectivity index (χ0n) is 19.2. The molecular weight excluding hydrogens is 463 g/mol. The Balaban J connectivity index is 1.40. The van der Waals surface area contributed by atoms with Crippen LogP contribution in [0.15, 0.2) is 97.3 Å². The van der Waals surface area contributed by atoms with Gasteiger partial charge in [-0.05, 0) is 71.7 Å². The van der Waals surface area contributed by atoms with Crippen LogP contribution in [0.25, 0.3) is 17.2 Å². The Morgan fingerprint density at radius 1 is 0.944 bits per heavy atom. The highest BCUT2D eigenvalue weighted by Gasteiger charge is 2.32. The fourth-order valence-corrected chi connectivity index (χ4v) is 4.28. The first kappa shape index (κ1) is 23.4. The maximum Gasteiger partial charge on any atom is 0.416 e. The number of hydrogen-bond acceptors (Lipinski definition) is 3. The summed E-state index contributed by atoms with van der Waals surface area (Å²) in [5.74, 6) is -0.593. The highest BCUT2D eigenvalue weighted by Crippen LogP contribution is 2.35. The molecule has 0 fully saturated rings. The number of nitrogens with zero attached hydrogens (tertiary/aromatic N) is 2. The van der Waals surface area contributed by atoms with Gasteiger partial charge >= 0.3 is 6.18 Å². The Bertz CT molecular complexity index is 1420. The number of nitrogens with one attached hydrogen (secondary N) is 1. The average Bonchev–Trinajstić information content (AvgIpc) is 3.30. The van der Waals surface area contributed by atoms with Gasteiger partial charge in [0.1, 0.15) is 0 Å². The van der Waals surface area contributed by atoms with Crippen molar-refractivity contribution in [2.24, 2.45) is 0 Å². The first-order valence-corrected chi connectivity index (χ1v) is 11.5. The predicted molar refractivity (Wildman–Crippen MR) is 136 cm³/mol. The molecule has 1 N–H and O–H groups in total. The molecule has 0 atom stereocenters. The zero-order valence-corrected chi connectivity index (χ0v) is 19.2. The lowest BCUT2D eigenvalue weighted by molar-refractivity contribution is -0.137. The molecule has 1 aromatic heterocycles.